The maximum atomic E-state index is 13.2. The van der Waals surface area contributed by atoms with E-state index in [2.05, 4.69) is 23.7 Å². The molecule has 5 nitrogen and oxygen atoms in total. The van der Waals surface area contributed by atoms with Crippen LogP contribution < -0.4 is 4.90 Å². The topological polar surface area (TPSA) is 49.3 Å². The first-order valence-corrected chi connectivity index (χ1v) is 10.6. The Morgan fingerprint density at radius 2 is 1.68 bits per heavy atom. The molecule has 3 heterocycles. The van der Waals surface area contributed by atoms with E-state index in [4.69, 9.17) is 4.98 Å². The Morgan fingerprint density at radius 1 is 0.964 bits per heavy atom. The molecule has 148 valence electrons. The third-order valence-electron chi connectivity index (χ3n) is 5.89. The summed E-state index contributed by atoms with van der Waals surface area (Å²) in [5.41, 5.74) is 1.48. The molecule has 28 heavy (non-hydrogen) atoms. The Labute approximate surface area is 167 Å². The summed E-state index contributed by atoms with van der Waals surface area (Å²) in [6.45, 7) is 8.12. The fourth-order valence-corrected chi connectivity index (χ4v) is 4.36. The van der Waals surface area contributed by atoms with Gasteiger partial charge in [-0.3, -0.25) is 4.79 Å². The predicted molar refractivity (Wildman–Crippen MR) is 112 cm³/mol. The van der Waals surface area contributed by atoms with Gasteiger partial charge in [0, 0.05) is 37.8 Å². The Hall–Kier alpha value is -2.43. The maximum absolute atomic E-state index is 13.2. The van der Waals surface area contributed by atoms with Crippen molar-refractivity contribution in [2.45, 2.75) is 39.5 Å². The molecule has 0 aliphatic carbocycles. The van der Waals surface area contributed by atoms with Crippen molar-refractivity contribution in [3.05, 3.63) is 42.1 Å². The zero-order valence-electron chi connectivity index (χ0n) is 17.0. The highest BCUT2D eigenvalue weighted by atomic mass is 16.2. The average Bonchev–Trinajstić information content (AvgIpc) is 2.73. The highest BCUT2D eigenvalue weighted by Gasteiger charge is 2.26. The van der Waals surface area contributed by atoms with E-state index in [1.54, 1.807) is 0 Å². The third kappa shape index (κ3) is 4.18. The molecule has 0 saturated carbocycles. The molecule has 1 amide bonds. The van der Waals surface area contributed by atoms with Gasteiger partial charge in [0.1, 0.15) is 11.5 Å². The molecule has 1 aromatic carbocycles. The van der Waals surface area contributed by atoms with Crippen LogP contribution in [0.1, 0.15) is 50.0 Å². The minimum Gasteiger partial charge on any atom is -0.356 e. The number of carbonyl (C=O) groups excluding carboxylic acids is 1. The lowest BCUT2D eigenvalue weighted by atomic mass is 9.99. The Balaban J connectivity index is 1.70. The van der Waals surface area contributed by atoms with Crippen LogP contribution in [0.25, 0.3) is 11.4 Å². The maximum Gasteiger partial charge on any atom is 0.272 e. The summed E-state index contributed by atoms with van der Waals surface area (Å²) in [5, 5.41) is 0. The highest BCUT2D eigenvalue weighted by molar-refractivity contribution is 5.93. The van der Waals surface area contributed by atoms with Gasteiger partial charge in [0.15, 0.2) is 5.82 Å². The van der Waals surface area contributed by atoms with Crippen LogP contribution in [-0.2, 0) is 0 Å². The van der Waals surface area contributed by atoms with Gasteiger partial charge >= 0.3 is 0 Å². The molecule has 2 unspecified atom stereocenters. The van der Waals surface area contributed by atoms with Crippen LogP contribution in [0.3, 0.4) is 0 Å². The number of carbonyl (C=O) groups is 1. The molecule has 1 aromatic heterocycles. The lowest BCUT2D eigenvalue weighted by molar-refractivity contribution is 0.0677. The normalized spacial score (nSPS) is 22.9. The van der Waals surface area contributed by atoms with E-state index in [0.29, 0.717) is 23.4 Å². The second-order valence-corrected chi connectivity index (χ2v) is 8.49. The zero-order valence-corrected chi connectivity index (χ0v) is 17.0. The number of benzene rings is 1. The van der Waals surface area contributed by atoms with Crippen molar-refractivity contribution >= 4 is 11.7 Å². The van der Waals surface area contributed by atoms with E-state index in [-0.39, 0.29) is 5.91 Å². The monoisotopic (exact) mass is 378 g/mol. The lowest BCUT2D eigenvalue weighted by Gasteiger charge is -2.33. The van der Waals surface area contributed by atoms with Crippen molar-refractivity contribution in [1.82, 2.24) is 14.9 Å². The highest BCUT2D eigenvalue weighted by Crippen LogP contribution is 2.26. The van der Waals surface area contributed by atoms with E-state index in [9.17, 15) is 4.79 Å². The van der Waals surface area contributed by atoms with Crippen LogP contribution >= 0.6 is 0 Å². The number of aromatic nitrogens is 2. The summed E-state index contributed by atoms with van der Waals surface area (Å²) in [6.07, 6.45) is 4.68. The molecule has 5 heteroatoms. The van der Waals surface area contributed by atoms with Crippen molar-refractivity contribution in [3.8, 4) is 11.4 Å². The average molecular weight is 379 g/mol. The molecule has 2 aromatic rings. The standard InChI is InChI=1S/C23H30N4O/c1-17-8-6-12-26(15-17)21-14-20(23(28)27-13-7-9-18(2)16-27)24-22(25-21)19-10-4-3-5-11-19/h3-5,10-11,14,17-18H,6-9,12-13,15-16H2,1-2H3. The number of anilines is 1. The first-order valence-electron chi connectivity index (χ1n) is 10.6. The molecule has 2 aliphatic rings. The van der Waals surface area contributed by atoms with E-state index < -0.39 is 0 Å². The Bertz CT molecular complexity index is 823. The van der Waals surface area contributed by atoms with E-state index in [1.165, 1.54) is 19.3 Å². The number of nitrogens with zero attached hydrogens (tertiary/aromatic N) is 4. The Kier molecular flexibility index (Phi) is 5.60. The van der Waals surface area contributed by atoms with Crippen molar-refractivity contribution in [2.24, 2.45) is 11.8 Å². The van der Waals surface area contributed by atoms with Crippen molar-refractivity contribution in [1.29, 1.82) is 0 Å². The van der Waals surface area contributed by atoms with Crippen molar-refractivity contribution < 1.29 is 4.79 Å². The molecular formula is C23H30N4O. The van der Waals surface area contributed by atoms with Gasteiger partial charge in [0.25, 0.3) is 5.91 Å². The van der Waals surface area contributed by atoms with Crippen LogP contribution in [-0.4, -0.2) is 47.0 Å². The minimum absolute atomic E-state index is 0.0393. The van der Waals surface area contributed by atoms with E-state index >= 15 is 0 Å². The molecule has 0 spiro atoms. The Morgan fingerprint density at radius 3 is 2.39 bits per heavy atom. The fourth-order valence-electron chi connectivity index (χ4n) is 4.36. The first-order chi connectivity index (χ1) is 13.6. The zero-order chi connectivity index (χ0) is 19.5. The molecule has 0 bridgehead atoms. The summed E-state index contributed by atoms with van der Waals surface area (Å²) in [7, 11) is 0. The molecule has 2 fully saturated rings. The van der Waals surface area contributed by atoms with Crippen LogP contribution in [0.2, 0.25) is 0 Å². The van der Waals surface area contributed by atoms with Gasteiger partial charge in [-0.1, -0.05) is 44.2 Å². The predicted octanol–water partition coefficient (Wildman–Crippen LogP) is 4.25. The molecule has 0 radical (unpaired) electrons. The van der Waals surface area contributed by atoms with Gasteiger partial charge in [-0.25, -0.2) is 9.97 Å². The fraction of sp³-hybridized carbons (Fsp3) is 0.522. The largest absolute Gasteiger partial charge is 0.356 e. The number of hydrogen-bond donors (Lipinski definition) is 0. The van der Waals surface area contributed by atoms with Crippen LogP contribution in [0.4, 0.5) is 5.82 Å². The quantitative estimate of drug-likeness (QED) is 0.801. The first kappa shape index (κ1) is 18.9. The van der Waals surface area contributed by atoms with Crippen LogP contribution in [0, 0.1) is 11.8 Å². The summed E-state index contributed by atoms with van der Waals surface area (Å²) in [4.78, 5) is 27.1. The lowest BCUT2D eigenvalue weighted by Crippen LogP contribution is -2.40. The molecule has 2 atom stereocenters. The smallest absolute Gasteiger partial charge is 0.272 e. The third-order valence-corrected chi connectivity index (χ3v) is 5.89. The molecule has 2 aliphatic heterocycles. The summed E-state index contributed by atoms with van der Waals surface area (Å²) in [6, 6.07) is 11.9. The number of amides is 1. The second-order valence-electron chi connectivity index (χ2n) is 8.49. The molecular weight excluding hydrogens is 348 g/mol. The van der Waals surface area contributed by atoms with Gasteiger partial charge in [0.2, 0.25) is 0 Å². The van der Waals surface area contributed by atoms with Crippen molar-refractivity contribution in [3.63, 3.8) is 0 Å². The molecule has 0 N–H and O–H groups in total. The van der Waals surface area contributed by atoms with E-state index in [0.717, 1.165) is 44.0 Å². The van der Waals surface area contributed by atoms with E-state index in [1.807, 2.05) is 41.3 Å². The second kappa shape index (κ2) is 8.29. The van der Waals surface area contributed by atoms with Crippen molar-refractivity contribution in [2.75, 3.05) is 31.1 Å². The molecule has 2 saturated heterocycles. The number of piperidine rings is 2. The summed E-state index contributed by atoms with van der Waals surface area (Å²) >= 11 is 0. The number of rotatable bonds is 3. The van der Waals surface area contributed by atoms with Crippen LogP contribution in [0.5, 0.6) is 0 Å². The SMILES string of the molecule is CC1CCCN(C(=O)c2cc(N3CCCC(C)C3)nc(-c3ccccc3)n2)C1. The van der Waals surface area contributed by atoms with Gasteiger partial charge < -0.3 is 9.80 Å². The number of hydrogen-bond acceptors (Lipinski definition) is 4. The minimum atomic E-state index is 0.0393. The van der Waals surface area contributed by atoms with Gasteiger partial charge in [-0.15, -0.1) is 0 Å². The van der Waals surface area contributed by atoms with Crippen LogP contribution in [0.15, 0.2) is 36.4 Å². The summed E-state index contributed by atoms with van der Waals surface area (Å²) < 4.78 is 0. The molecule has 4 rings (SSSR count). The van der Waals surface area contributed by atoms with Gasteiger partial charge in [-0.2, -0.15) is 0 Å². The van der Waals surface area contributed by atoms with Gasteiger partial charge in [-0.05, 0) is 37.5 Å². The number of likely N-dealkylation sites (tertiary alicyclic amines) is 1. The van der Waals surface area contributed by atoms with Gasteiger partial charge in [0.05, 0.1) is 0 Å². The summed E-state index contributed by atoms with van der Waals surface area (Å²) in [5.74, 6) is 2.76.